The first-order valence-corrected chi connectivity index (χ1v) is 7.73. The summed E-state index contributed by atoms with van der Waals surface area (Å²) in [5.74, 6) is 0.563. The number of para-hydroxylation sites is 1. The zero-order valence-electron chi connectivity index (χ0n) is 12.8. The molecule has 2 rings (SSSR count). The maximum absolute atomic E-state index is 9.21. The number of benzene rings is 1. The third kappa shape index (κ3) is 3.75. The second kappa shape index (κ2) is 7.54. The molecule has 0 amide bonds. The van der Waals surface area contributed by atoms with E-state index in [0.717, 1.165) is 25.2 Å². The number of nitriles is 3. The van der Waals surface area contributed by atoms with E-state index < -0.39 is 0 Å². The fraction of sp³-hybridized carbons (Fsp3) is 0.353. The summed E-state index contributed by atoms with van der Waals surface area (Å²) in [6.45, 7) is 3.96. The molecule has 1 heterocycles. The molecule has 0 saturated carbocycles. The van der Waals surface area contributed by atoms with Gasteiger partial charge in [0.15, 0.2) is 5.57 Å². The highest BCUT2D eigenvalue weighted by Crippen LogP contribution is 2.37. The smallest absolute Gasteiger partial charge is 0.163 e. The lowest BCUT2D eigenvalue weighted by Gasteiger charge is -2.34. The third-order valence-corrected chi connectivity index (χ3v) is 4.11. The monoisotopic (exact) mass is 325 g/mol. The predicted octanol–water partition coefficient (Wildman–Crippen LogP) is 3.81. The van der Waals surface area contributed by atoms with Crippen molar-refractivity contribution < 1.29 is 0 Å². The van der Waals surface area contributed by atoms with Crippen molar-refractivity contribution >= 4 is 23.0 Å². The van der Waals surface area contributed by atoms with Crippen LogP contribution < -0.4 is 10.2 Å². The highest BCUT2D eigenvalue weighted by Gasteiger charge is 2.22. The first kappa shape index (κ1) is 16.7. The minimum absolute atomic E-state index is 0.0661. The molecule has 0 bridgehead atoms. The summed E-state index contributed by atoms with van der Waals surface area (Å²) in [5.41, 5.74) is 1.13. The summed E-state index contributed by atoms with van der Waals surface area (Å²) in [4.78, 5) is 2.19. The van der Waals surface area contributed by atoms with Crippen molar-refractivity contribution in [2.45, 2.75) is 19.8 Å². The lowest BCUT2D eigenvalue weighted by molar-refractivity contribution is 0.447. The van der Waals surface area contributed by atoms with E-state index in [2.05, 4.69) is 17.1 Å². The number of halogens is 1. The van der Waals surface area contributed by atoms with Crippen molar-refractivity contribution in [2.24, 2.45) is 5.92 Å². The summed E-state index contributed by atoms with van der Waals surface area (Å²) < 4.78 is 0. The minimum Gasteiger partial charge on any atom is -0.368 e. The molecule has 1 aromatic carbocycles. The highest BCUT2D eigenvalue weighted by molar-refractivity contribution is 6.34. The number of piperidine rings is 1. The minimum atomic E-state index is -0.245. The molecule has 5 nitrogen and oxygen atoms in total. The summed E-state index contributed by atoms with van der Waals surface area (Å²) in [6, 6.07) is 10.7. The van der Waals surface area contributed by atoms with Crippen molar-refractivity contribution in [1.82, 2.24) is 0 Å². The number of hydrogen-bond acceptors (Lipinski definition) is 5. The summed E-state index contributed by atoms with van der Waals surface area (Å²) in [7, 11) is 0. The lowest BCUT2D eigenvalue weighted by atomic mass is 9.99. The van der Waals surface area contributed by atoms with Gasteiger partial charge in [-0.05, 0) is 30.9 Å². The Balaban J connectivity index is 2.43. The largest absolute Gasteiger partial charge is 0.368 e. The molecule has 0 aromatic heterocycles. The van der Waals surface area contributed by atoms with E-state index in [1.54, 1.807) is 30.3 Å². The highest BCUT2D eigenvalue weighted by atomic mass is 35.5. The number of hydrogen-bond donors (Lipinski definition) is 1. The van der Waals surface area contributed by atoms with E-state index in [4.69, 9.17) is 22.1 Å². The Bertz CT molecular complexity index is 732. The van der Waals surface area contributed by atoms with Gasteiger partial charge in [-0.2, -0.15) is 15.8 Å². The fourth-order valence-electron chi connectivity index (χ4n) is 2.75. The van der Waals surface area contributed by atoms with Crippen LogP contribution in [0.5, 0.6) is 0 Å². The fourth-order valence-corrected chi connectivity index (χ4v) is 3.04. The van der Waals surface area contributed by atoms with Gasteiger partial charge >= 0.3 is 0 Å². The zero-order valence-corrected chi connectivity index (χ0v) is 13.6. The van der Waals surface area contributed by atoms with E-state index in [-0.39, 0.29) is 11.3 Å². The van der Waals surface area contributed by atoms with Gasteiger partial charge < -0.3 is 10.2 Å². The van der Waals surface area contributed by atoms with Crippen LogP contribution in [0.4, 0.5) is 11.4 Å². The Kier molecular flexibility index (Phi) is 5.47. The van der Waals surface area contributed by atoms with Crippen molar-refractivity contribution in [1.29, 1.82) is 15.8 Å². The topological polar surface area (TPSA) is 86.6 Å². The van der Waals surface area contributed by atoms with Crippen molar-refractivity contribution in [3.8, 4) is 18.2 Å². The van der Waals surface area contributed by atoms with Crippen LogP contribution in [0, 0.1) is 39.9 Å². The van der Waals surface area contributed by atoms with Gasteiger partial charge in [-0.15, -0.1) is 0 Å². The second-order valence-electron chi connectivity index (χ2n) is 5.54. The van der Waals surface area contributed by atoms with Crippen LogP contribution in [0.25, 0.3) is 0 Å². The standard InChI is InChI=1S/C17H16ClN5/c1-12-4-3-7-23(11-12)17-14(18)5-2-6-15(17)22-16(10-21)13(8-19)9-20/h2,5-6,12,22H,3-4,7,11H2,1H3. The maximum atomic E-state index is 9.21. The Hall–Kier alpha value is -2.68. The molecule has 1 N–H and O–H groups in total. The Morgan fingerprint density at radius 1 is 1.26 bits per heavy atom. The van der Waals surface area contributed by atoms with Gasteiger partial charge in [-0.3, -0.25) is 0 Å². The van der Waals surface area contributed by atoms with E-state index in [1.165, 1.54) is 6.42 Å². The molecule has 1 aliphatic heterocycles. The first-order valence-electron chi connectivity index (χ1n) is 7.35. The Morgan fingerprint density at radius 3 is 2.61 bits per heavy atom. The molecular weight excluding hydrogens is 310 g/mol. The van der Waals surface area contributed by atoms with Crippen LogP contribution in [0.1, 0.15) is 19.8 Å². The molecule has 116 valence electrons. The average Bonchev–Trinajstić information content (AvgIpc) is 2.55. The van der Waals surface area contributed by atoms with Crippen molar-refractivity contribution in [3.05, 3.63) is 34.5 Å². The van der Waals surface area contributed by atoms with E-state index in [0.29, 0.717) is 16.6 Å². The maximum Gasteiger partial charge on any atom is 0.163 e. The normalized spacial score (nSPS) is 16.7. The Morgan fingerprint density at radius 2 is 2.00 bits per heavy atom. The zero-order chi connectivity index (χ0) is 16.8. The number of rotatable bonds is 3. The van der Waals surface area contributed by atoms with Crippen LogP contribution in [0.2, 0.25) is 5.02 Å². The van der Waals surface area contributed by atoms with Crippen LogP contribution in [-0.4, -0.2) is 13.1 Å². The van der Waals surface area contributed by atoms with Crippen LogP contribution in [0.3, 0.4) is 0 Å². The molecule has 1 atom stereocenters. The molecule has 0 spiro atoms. The number of nitrogens with zero attached hydrogens (tertiary/aromatic N) is 4. The summed E-state index contributed by atoms with van der Waals surface area (Å²) in [6.07, 6.45) is 2.26. The average molecular weight is 326 g/mol. The van der Waals surface area contributed by atoms with E-state index in [1.807, 2.05) is 6.07 Å². The molecule has 6 heteroatoms. The van der Waals surface area contributed by atoms with Gasteiger partial charge in [-0.25, -0.2) is 0 Å². The van der Waals surface area contributed by atoms with Crippen LogP contribution in [0.15, 0.2) is 29.5 Å². The third-order valence-electron chi connectivity index (χ3n) is 3.81. The van der Waals surface area contributed by atoms with Crippen LogP contribution >= 0.6 is 11.6 Å². The SMILES string of the molecule is CC1CCCN(c2c(Cl)cccc2NC(C#N)=C(C#N)C#N)C1. The first-order chi connectivity index (χ1) is 11.1. The molecule has 1 aliphatic rings. The predicted molar refractivity (Wildman–Crippen MR) is 89.6 cm³/mol. The molecule has 1 fully saturated rings. The quantitative estimate of drug-likeness (QED) is 0.854. The summed E-state index contributed by atoms with van der Waals surface area (Å²) >= 11 is 6.37. The number of allylic oxidation sites excluding steroid dienone is 2. The van der Waals surface area contributed by atoms with Gasteiger partial charge in [-0.1, -0.05) is 24.6 Å². The molecule has 1 aromatic rings. The van der Waals surface area contributed by atoms with E-state index in [9.17, 15) is 5.26 Å². The molecular formula is C17H16ClN5. The molecule has 1 unspecified atom stereocenters. The summed E-state index contributed by atoms with van der Waals surface area (Å²) in [5, 5.41) is 30.6. The number of anilines is 2. The van der Waals surface area contributed by atoms with Crippen molar-refractivity contribution in [3.63, 3.8) is 0 Å². The molecule has 23 heavy (non-hydrogen) atoms. The van der Waals surface area contributed by atoms with Gasteiger partial charge in [0.05, 0.1) is 16.4 Å². The van der Waals surface area contributed by atoms with E-state index >= 15 is 0 Å². The van der Waals surface area contributed by atoms with Crippen molar-refractivity contribution in [2.75, 3.05) is 23.3 Å². The second-order valence-corrected chi connectivity index (χ2v) is 5.95. The Labute approximate surface area is 141 Å². The lowest BCUT2D eigenvalue weighted by Crippen LogP contribution is -2.34. The van der Waals surface area contributed by atoms with Crippen LogP contribution in [-0.2, 0) is 0 Å². The molecule has 0 aliphatic carbocycles. The van der Waals surface area contributed by atoms with Gasteiger partial charge in [0, 0.05) is 13.1 Å². The van der Waals surface area contributed by atoms with Gasteiger partial charge in [0.25, 0.3) is 0 Å². The molecule has 0 radical (unpaired) electrons. The number of nitrogens with one attached hydrogen (secondary N) is 1. The van der Waals surface area contributed by atoms with Gasteiger partial charge in [0.1, 0.15) is 23.9 Å². The van der Waals surface area contributed by atoms with Gasteiger partial charge in [0.2, 0.25) is 0 Å². The molecule has 1 saturated heterocycles.